The number of nitriles is 1. The van der Waals surface area contributed by atoms with Crippen LogP contribution in [-0.2, 0) is 4.79 Å². The Balaban J connectivity index is 1.71. The van der Waals surface area contributed by atoms with Crippen LogP contribution in [0.25, 0.3) is 21.9 Å². The number of nitrogens with one attached hydrogen (secondary N) is 1. The third kappa shape index (κ3) is 3.27. The first-order chi connectivity index (χ1) is 13.0. The van der Waals surface area contributed by atoms with Crippen LogP contribution in [0.1, 0.15) is 12.0 Å². The van der Waals surface area contributed by atoms with Crippen molar-refractivity contribution in [2.75, 3.05) is 11.1 Å². The standard InChI is InChI=1S/C20H16AsN5O/c1-10-15(7-24-9-18(10)23)11-2-12-5-19(25-8-16(12)17(21)4-11)26-20(27)14-3-13(14)6-22/h2,4-5,7-9,13-14H,3,23H2,1H3,(H,25,26,27). The van der Waals surface area contributed by atoms with Gasteiger partial charge >= 0.3 is 165 Å². The molecule has 3 aromatic rings. The van der Waals surface area contributed by atoms with Gasteiger partial charge in [-0.2, -0.15) is 0 Å². The second kappa shape index (κ2) is 6.68. The molecule has 2 radical (unpaired) electrons. The van der Waals surface area contributed by atoms with Crippen LogP contribution in [0.3, 0.4) is 0 Å². The summed E-state index contributed by atoms with van der Waals surface area (Å²) >= 11 is 2.55. The molecule has 1 aromatic carbocycles. The summed E-state index contributed by atoms with van der Waals surface area (Å²) in [7, 11) is 0. The molecule has 132 valence electrons. The van der Waals surface area contributed by atoms with Crippen molar-refractivity contribution in [2.45, 2.75) is 13.3 Å². The van der Waals surface area contributed by atoms with Crippen LogP contribution in [-0.4, -0.2) is 32.7 Å². The van der Waals surface area contributed by atoms with Gasteiger partial charge in [-0.25, -0.2) is 0 Å². The number of fused-ring (bicyclic) bond motifs is 1. The average Bonchev–Trinajstić information content (AvgIpc) is 3.44. The Labute approximate surface area is 165 Å². The molecule has 2 atom stereocenters. The van der Waals surface area contributed by atoms with Crippen LogP contribution in [0, 0.1) is 30.1 Å². The van der Waals surface area contributed by atoms with Crippen molar-refractivity contribution in [3.05, 3.63) is 42.4 Å². The first kappa shape index (κ1) is 17.5. The molecule has 0 aliphatic heterocycles. The Kier molecular flexibility index (Phi) is 4.33. The normalized spacial score (nSPS) is 18.1. The van der Waals surface area contributed by atoms with Crippen molar-refractivity contribution in [3.8, 4) is 17.2 Å². The molecule has 3 N–H and O–H groups in total. The molecule has 1 aliphatic rings. The molecular formula is C20H16AsN5O. The summed E-state index contributed by atoms with van der Waals surface area (Å²) < 4.78 is 1.02. The molecule has 1 fully saturated rings. The third-order valence-corrected chi connectivity index (χ3v) is 5.70. The van der Waals surface area contributed by atoms with Gasteiger partial charge in [0.2, 0.25) is 0 Å². The van der Waals surface area contributed by atoms with Gasteiger partial charge in [0.1, 0.15) is 0 Å². The molecular weight excluding hydrogens is 401 g/mol. The van der Waals surface area contributed by atoms with Gasteiger partial charge in [0, 0.05) is 0 Å². The van der Waals surface area contributed by atoms with E-state index in [0.29, 0.717) is 17.9 Å². The van der Waals surface area contributed by atoms with Gasteiger partial charge < -0.3 is 0 Å². The van der Waals surface area contributed by atoms with E-state index < -0.39 is 0 Å². The molecule has 0 saturated heterocycles. The quantitative estimate of drug-likeness (QED) is 0.635. The molecule has 1 saturated carbocycles. The van der Waals surface area contributed by atoms with Crippen LogP contribution in [0.2, 0.25) is 0 Å². The summed E-state index contributed by atoms with van der Waals surface area (Å²) in [5, 5.41) is 13.7. The third-order valence-electron chi connectivity index (χ3n) is 4.92. The summed E-state index contributed by atoms with van der Waals surface area (Å²) in [5.41, 5.74) is 9.61. The first-order valence-electron chi connectivity index (χ1n) is 8.51. The van der Waals surface area contributed by atoms with Crippen LogP contribution >= 0.6 is 0 Å². The van der Waals surface area contributed by atoms with Gasteiger partial charge in [-0.15, -0.1) is 0 Å². The number of anilines is 2. The average molecular weight is 417 g/mol. The van der Waals surface area contributed by atoms with Gasteiger partial charge in [0.05, 0.1) is 0 Å². The zero-order chi connectivity index (χ0) is 19.1. The molecule has 0 spiro atoms. The molecule has 27 heavy (non-hydrogen) atoms. The number of nitrogens with two attached hydrogens (primary N) is 1. The number of pyridine rings is 2. The Morgan fingerprint density at radius 1 is 1.33 bits per heavy atom. The molecule has 2 heterocycles. The number of benzene rings is 1. The predicted octanol–water partition coefficient (Wildman–Crippen LogP) is 2.08. The summed E-state index contributed by atoms with van der Waals surface area (Å²) in [5.74, 6) is -0.0515. The number of rotatable bonds is 3. The fourth-order valence-corrected chi connectivity index (χ4v) is 3.82. The van der Waals surface area contributed by atoms with Crippen molar-refractivity contribution in [2.24, 2.45) is 11.8 Å². The maximum atomic E-state index is 12.2. The van der Waals surface area contributed by atoms with E-state index in [4.69, 9.17) is 11.0 Å². The zero-order valence-corrected chi connectivity index (χ0v) is 16.5. The van der Waals surface area contributed by atoms with Gasteiger partial charge in [-0.3, -0.25) is 0 Å². The van der Waals surface area contributed by atoms with Crippen molar-refractivity contribution in [3.63, 3.8) is 0 Å². The number of nitrogens with zero attached hydrogens (tertiary/aromatic N) is 3. The molecule has 6 nitrogen and oxygen atoms in total. The monoisotopic (exact) mass is 417 g/mol. The van der Waals surface area contributed by atoms with Crippen molar-refractivity contribution < 1.29 is 4.79 Å². The molecule has 7 heteroatoms. The Morgan fingerprint density at radius 2 is 2.15 bits per heavy atom. The van der Waals surface area contributed by atoms with Crippen LogP contribution < -0.4 is 15.4 Å². The van der Waals surface area contributed by atoms with E-state index in [9.17, 15) is 4.79 Å². The maximum absolute atomic E-state index is 12.2. The Hall–Kier alpha value is -2.90. The van der Waals surface area contributed by atoms with E-state index in [1.807, 2.05) is 19.1 Å². The molecule has 4 rings (SSSR count). The van der Waals surface area contributed by atoms with E-state index in [2.05, 4.69) is 44.3 Å². The minimum atomic E-state index is -0.224. The van der Waals surface area contributed by atoms with Gasteiger partial charge in [-0.1, -0.05) is 0 Å². The topological polar surface area (TPSA) is 105 Å². The first-order valence-corrected chi connectivity index (χ1v) is 9.45. The van der Waals surface area contributed by atoms with Gasteiger partial charge in [-0.05, 0) is 0 Å². The summed E-state index contributed by atoms with van der Waals surface area (Å²) in [4.78, 5) is 20.7. The number of hydrogen-bond acceptors (Lipinski definition) is 5. The predicted molar refractivity (Wildman–Crippen MR) is 105 cm³/mol. The number of nitrogen functional groups attached to an aromatic ring is 1. The fraction of sp³-hybridized carbons (Fsp3) is 0.200. The Bertz CT molecular complexity index is 1120. The number of carbonyl (C=O) groups excluding carboxylic acids is 1. The summed E-state index contributed by atoms with van der Waals surface area (Å²) in [6.45, 7) is 1.97. The van der Waals surface area contributed by atoms with Crippen LogP contribution in [0.5, 0.6) is 0 Å². The van der Waals surface area contributed by atoms with Gasteiger partial charge in [0.15, 0.2) is 0 Å². The SMILES string of the molecule is Cc1c(N)cncc1-c1cc([As])c2cnc(NC(=O)C3CC3C#N)cc2c1. The molecule has 0 bridgehead atoms. The van der Waals surface area contributed by atoms with Crippen molar-refractivity contribution in [1.29, 1.82) is 5.26 Å². The number of hydrogen-bond donors (Lipinski definition) is 2. The number of amides is 1. The van der Waals surface area contributed by atoms with E-state index in [1.165, 1.54) is 0 Å². The molecule has 1 amide bonds. The minimum absolute atomic E-state index is 0.145. The van der Waals surface area contributed by atoms with E-state index in [-0.39, 0.29) is 17.7 Å². The Morgan fingerprint density at radius 3 is 2.89 bits per heavy atom. The van der Waals surface area contributed by atoms with Crippen LogP contribution in [0.15, 0.2) is 36.8 Å². The second-order valence-corrected chi connectivity index (χ2v) is 7.77. The second-order valence-electron chi connectivity index (χ2n) is 6.75. The van der Waals surface area contributed by atoms with Crippen molar-refractivity contribution in [1.82, 2.24) is 9.97 Å². The van der Waals surface area contributed by atoms with E-state index >= 15 is 0 Å². The summed E-state index contributed by atoms with van der Waals surface area (Å²) in [6.07, 6.45) is 5.82. The van der Waals surface area contributed by atoms with Crippen molar-refractivity contribution >= 4 is 49.4 Å². The van der Waals surface area contributed by atoms with Crippen LogP contribution in [0.4, 0.5) is 11.5 Å². The number of aromatic nitrogens is 2. The molecule has 1 aliphatic carbocycles. The van der Waals surface area contributed by atoms with Gasteiger partial charge in [0.25, 0.3) is 0 Å². The zero-order valence-electron chi connectivity index (χ0n) is 14.6. The van der Waals surface area contributed by atoms with E-state index in [0.717, 1.165) is 31.8 Å². The fourth-order valence-electron chi connectivity index (χ4n) is 3.14. The van der Waals surface area contributed by atoms with E-state index in [1.54, 1.807) is 18.6 Å². The molecule has 2 aromatic heterocycles. The molecule has 2 unspecified atom stereocenters. The summed E-state index contributed by atoms with van der Waals surface area (Å²) in [6, 6.07) is 8.09. The number of carbonyl (C=O) groups is 1.